The summed E-state index contributed by atoms with van der Waals surface area (Å²) in [7, 11) is 0. The number of aliphatic hydroxyl groups excluding tert-OH is 4. The Balaban J connectivity index is 0.000000209. The summed E-state index contributed by atoms with van der Waals surface area (Å²) in [6.45, 7) is 1.80. The van der Waals surface area contributed by atoms with Crippen LogP contribution in [0.15, 0.2) is 102 Å². The number of carbonyl (C=O) groups is 5. The largest absolute Gasteiger partial charge is 0.394 e. The Labute approximate surface area is 436 Å². The first-order valence-corrected chi connectivity index (χ1v) is 24.3. The SMILES string of the molecule is O=C(Nc1ccc(N2CCOCC2=O)cc1)[C@H]1C[C@@H](OCC(O)CO)CN1.O=C(Nc1ccc(N2CCOCC2=O)cc1)[C@H]1C[C@@H](OCC(O)CO)CN1C(=O)Nc1ccc(Cl)cc1.O=C=Nc1ccc(Cl)cc1. The molecular formula is C50H58Cl2N8O14. The van der Waals surface area contributed by atoms with Crippen molar-refractivity contribution in [1.82, 2.24) is 10.2 Å². The average Bonchev–Trinajstić information content (AvgIpc) is 4.09. The number of aliphatic imine (C=N–C) groups is 1. The third-order valence-corrected chi connectivity index (χ3v) is 12.2. The Morgan fingerprint density at radius 3 is 1.66 bits per heavy atom. The van der Waals surface area contributed by atoms with Gasteiger partial charge in [-0.15, -0.1) is 0 Å². The summed E-state index contributed by atoms with van der Waals surface area (Å²) in [6, 6.07) is 25.4. The van der Waals surface area contributed by atoms with E-state index in [1.54, 1.807) is 107 Å². The van der Waals surface area contributed by atoms with Crippen LogP contribution >= 0.6 is 23.2 Å². The van der Waals surface area contributed by atoms with Crippen LogP contribution in [0.1, 0.15) is 12.8 Å². The number of anilines is 5. The van der Waals surface area contributed by atoms with Crippen LogP contribution in [0.2, 0.25) is 10.0 Å². The number of carbonyl (C=O) groups excluding carboxylic acids is 6. The number of likely N-dealkylation sites (tertiary alicyclic amines) is 1. The number of aliphatic hydroxyl groups is 4. The van der Waals surface area contributed by atoms with Gasteiger partial charge < -0.3 is 75.3 Å². The molecule has 2 unspecified atom stereocenters. The van der Waals surface area contributed by atoms with E-state index in [-0.39, 0.29) is 75.9 Å². The predicted molar refractivity (Wildman–Crippen MR) is 273 cm³/mol. The van der Waals surface area contributed by atoms with Crippen molar-refractivity contribution in [3.63, 3.8) is 0 Å². The molecule has 6 atom stereocenters. The van der Waals surface area contributed by atoms with Crippen LogP contribution < -0.4 is 31.1 Å². The molecule has 4 fully saturated rings. The summed E-state index contributed by atoms with van der Waals surface area (Å²) in [6.07, 6.45) is -0.525. The normalized spacial score (nSPS) is 20.2. The zero-order valence-corrected chi connectivity index (χ0v) is 41.5. The molecule has 4 aliphatic heterocycles. The highest BCUT2D eigenvalue weighted by Gasteiger charge is 2.41. The number of hydrogen-bond donors (Lipinski definition) is 8. The van der Waals surface area contributed by atoms with E-state index in [9.17, 15) is 39.0 Å². The zero-order chi connectivity index (χ0) is 53.0. The quantitative estimate of drug-likeness (QED) is 0.0591. The first-order valence-electron chi connectivity index (χ1n) is 23.5. The molecular weight excluding hydrogens is 1010 g/mol. The van der Waals surface area contributed by atoms with Gasteiger partial charge in [-0.25, -0.2) is 9.59 Å². The molecule has 22 nitrogen and oxygen atoms in total. The van der Waals surface area contributed by atoms with Crippen LogP contribution in [0, 0.1) is 0 Å². The average molecular weight is 1070 g/mol. The molecule has 396 valence electrons. The second-order valence-corrected chi connectivity index (χ2v) is 17.9. The molecule has 4 aromatic carbocycles. The van der Waals surface area contributed by atoms with Gasteiger partial charge in [0, 0.05) is 71.1 Å². The molecule has 0 aliphatic carbocycles. The van der Waals surface area contributed by atoms with E-state index in [2.05, 4.69) is 26.3 Å². The first-order chi connectivity index (χ1) is 35.7. The van der Waals surface area contributed by atoms with Crippen molar-refractivity contribution in [2.45, 2.75) is 49.3 Å². The maximum absolute atomic E-state index is 13.2. The minimum atomic E-state index is -1.05. The van der Waals surface area contributed by atoms with E-state index in [0.29, 0.717) is 77.8 Å². The van der Waals surface area contributed by atoms with Gasteiger partial charge in [-0.2, -0.15) is 4.99 Å². The number of halogens is 2. The topological polar surface area (TPSA) is 290 Å². The Morgan fingerprint density at radius 2 is 1.16 bits per heavy atom. The van der Waals surface area contributed by atoms with E-state index in [1.807, 2.05) is 0 Å². The maximum atomic E-state index is 13.2. The number of hydrogen-bond acceptors (Lipinski definition) is 16. The molecule has 8 N–H and O–H groups in total. The van der Waals surface area contributed by atoms with Crippen molar-refractivity contribution in [3.8, 4) is 0 Å². The molecule has 4 saturated heterocycles. The van der Waals surface area contributed by atoms with Gasteiger partial charge in [-0.1, -0.05) is 23.2 Å². The van der Waals surface area contributed by atoms with Crippen LogP contribution in [0.3, 0.4) is 0 Å². The predicted octanol–water partition coefficient (Wildman–Crippen LogP) is 3.08. The van der Waals surface area contributed by atoms with Crippen molar-refractivity contribution in [2.75, 3.05) is 105 Å². The fourth-order valence-electron chi connectivity index (χ4n) is 7.80. The summed E-state index contributed by atoms with van der Waals surface area (Å²) >= 11 is 11.5. The summed E-state index contributed by atoms with van der Waals surface area (Å²) in [5.74, 6) is -0.784. The molecule has 0 saturated carbocycles. The lowest BCUT2D eigenvalue weighted by Gasteiger charge is -2.27. The third-order valence-electron chi connectivity index (χ3n) is 11.7. The molecule has 24 heteroatoms. The van der Waals surface area contributed by atoms with Gasteiger partial charge in [-0.05, 0) is 103 Å². The van der Waals surface area contributed by atoms with Crippen molar-refractivity contribution in [3.05, 3.63) is 107 Å². The lowest BCUT2D eigenvalue weighted by Crippen LogP contribution is -2.45. The van der Waals surface area contributed by atoms with Gasteiger partial charge in [0.1, 0.15) is 31.5 Å². The molecule has 4 aromatic rings. The summed E-state index contributed by atoms with van der Waals surface area (Å²) in [5, 5.41) is 49.5. The minimum Gasteiger partial charge on any atom is -0.394 e. The molecule has 0 aromatic heterocycles. The van der Waals surface area contributed by atoms with Crippen molar-refractivity contribution >= 4 is 93.1 Å². The minimum absolute atomic E-state index is 0.0344. The molecule has 0 bridgehead atoms. The van der Waals surface area contributed by atoms with Gasteiger partial charge in [-0.3, -0.25) is 19.2 Å². The number of amides is 6. The van der Waals surface area contributed by atoms with Gasteiger partial charge >= 0.3 is 6.03 Å². The Morgan fingerprint density at radius 1 is 0.689 bits per heavy atom. The van der Waals surface area contributed by atoms with Crippen molar-refractivity contribution < 1.29 is 68.1 Å². The Hall–Kier alpha value is -6.37. The smallest absolute Gasteiger partial charge is 0.322 e. The summed E-state index contributed by atoms with van der Waals surface area (Å²) in [5.41, 5.74) is 3.71. The van der Waals surface area contributed by atoms with Gasteiger partial charge in [0.2, 0.25) is 17.9 Å². The monoisotopic (exact) mass is 1060 g/mol. The zero-order valence-electron chi connectivity index (χ0n) is 40.0. The third kappa shape index (κ3) is 17.4. The second-order valence-electron chi connectivity index (χ2n) is 17.1. The highest BCUT2D eigenvalue weighted by Crippen LogP contribution is 2.26. The number of rotatable bonds is 16. The summed E-state index contributed by atoms with van der Waals surface area (Å²) < 4.78 is 21.4. The summed E-state index contributed by atoms with van der Waals surface area (Å²) in [4.78, 5) is 80.4. The van der Waals surface area contributed by atoms with E-state index < -0.39 is 42.9 Å². The van der Waals surface area contributed by atoms with E-state index in [1.165, 1.54) is 11.0 Å². The van der Waals surface area contributed by atoms with Crippen LogP contribution in [-0.2, 0) is 42.9 Å². The van der Waals surface area contributed by atoms with Crippen LogP contribution in [-0.4, -0.2) is 177 Å². The van der Waals surface area contributed by atoms with Gasteiger partial charge in [0.25, 0.3) is 11.8 Å². The lowest BCUT2D eigenvalue weighted by molar-refractivity contribution is -0.126. The molecule has 0 spiro atoms. The molecule has 6 amide bonds. The van der Waals surface area contributed by atoms with Crippen LogP contribution in [0.25, 0.3) is 0 Å². The number of nitrogens with zero attached hydrogens (tertiary/aromatic N) is 4. The van der Waals surface area contributed by atoms with Crippen LogP contribution in [0.4, 0.5) is 38.9 Å². The number of nitrogens with one attached hydrogen (secondary N) is 4. The highest BCUT2D eigenvalue weighted by atomic mass is 35.5. The standard InChI is InChI=1S/C25H29ClN4O7.C18H25N3O6.C7H4ClNO/c26-16-1-3-18(4-2-16)28-25(35)30-12-21(37-14-20(32)13-31)11-22(30)24(34)27-17-5-7-19(8-6-17)29-9-10-36-15-23(29)33;22-9-14(23)10-27-15-7-16(19-8-15)18(25)20-12-1-3-13(4-2-12)21-5-6-26-11-17(21)24;8-6-1-3-7(4-2-6)9-5-10/h1-8,20-22,31-32H,9-15H2,(H,27,34)(H,28,35);1-4,14-16,19,22-23H,5-11H2,(H,20,25);1-4H/t20?,21-,22-;14?,15-,16-;/m11./s1. The fourth-order valence-corrected chi connectivity index (χ4v) is 8.06. The Kier molecular flexibility index (Phi) is 22.2. The van der Waals surface area contributed by atoms with Crippen LogP contribution in [0.5, 0.6) is 0 Å². The second kappa shape index (κ2) is 28.9. The molecule has 4 aliphatic rings. The number of ether oxygens (including phenoxy) is 4. The first kappa shape index (κ1) is 56.9. The Bertz CT molecular complexity index is 2520. The number of benzene rings is 4. The van der Waals surface area contributed by atoms with E-state index in [0.717, 1.165) is 5.69 Å². The fraction of sp³-hybridized carbons (Fsp3) is 0.400. The molecule has 0 radical (unpaired) electrons. The molecule has 4 heterocycles. The van der Waals surface area contributed by atoms with E-state index in [4.69, 9.17) is 52.4 Å². The maximum Gasteiger partial charge on any atom is 0.322 e. The lowest BCUT2D eigenvalue weighted by atomic mass is 10.1. The van der Waals surface area contributed by atoms with Gasteiger partial charge in [0.05, 0.1) is 63.6 Å². The highest BCUT2D eigenvalue weighted by molar-refractivity contribution is 6.31. The van der Waals surface area contributed by atoms with E-state index >= 15 is 0 Å². The number of morpholine rings is 2. The molecule has 74 heavy (non-hydrogen) atoms. The van der Waals surface area contributed by atoms with Gasteiger partial charge in [0.15, 0.2) is 0 Å². The van der Waals surface area contributed by atoms with Crippen molar-refractivity contribution in [1.29, 1.82) is 0 Å². The molecule has 8 rings (SSSR count). The number of urea groups is 1. The number of isocyanates is 1. The van der Waals surface area contributed by atoms with Crippen molar-refractivity contribution in [2.24, 2.45) is 4.99 Å².